The quantitative estimate of drug-likeness (QED) is 0.875. The number of aliphatic carboxylic acids is 1. The van der Waals surface area contributed by atoms with E-state index >= 15 is 0 Å². The number of rotatable bonds is 5. The third-order valence-corrected chi connectivity index (χ3v) is 3.88. The first-order valence-corrected chi connectivity index (χ1v) is 6.75. The predicted octanol–water partition coefficient (Wildman–Crippen LogP) is 2.52. The topological polar surface area (TPSA) is 75.6 Å². The van der Waals surface area contributed by atoms with Crippen LogP contribution < -0.4 is 10.1 Å². The van der Waals surface area contributed by atoms with Crippen LogP contribution in [0.5, 0.6) is 5.75 Å². The Kier molecular flexibility index (Phi) is 3.89. The van der Waals surface area contributed by atoms with Crippen LogP contribution in [0.3, 0.4) is 0 Å². The van der Waals surface area contributed by atoms with E-state index in [-0.39, 0.29) is 11.4 Å². The SMILES string of the molecule is CCOc1ccc(NC(=O)C2C(C(=O)O)C2(C)C)cc1F. The van der Waals surface area contributed by atoms with Crippen molar-refractivity contribution in [3.05, 3.63) is 24.0 Å². The molecule has 0 heterocycles. The summed E-state index contributed by atoms with van der Waals surface area (Å²) in [5.41, 5.74) is -0.299. The molecule has 0 radical (unpaired) electrons. The molecule has 1 aromatic carbocycles. The number of ether oxygens (including phenoxy) is 1. The summed E-state index contributed by atoms with van der Waals surface area (Å²) in [7, 11) is 0. The summed E-state index contributed by atoms with van der Waals surface area (Å²) in [6, 6.07) is 4.12. The molecule has 1 saturated carbocycles. The normalized spacial score (nSPS) is 22.5. The number of hydrogen-bond acceptors (Lipinski definition) is 3. The summed E-state index contributed by atoms with van der Waals surface area (Å²) < 4.78 is 18.8. The molecular weight excluding hydrogens is 277 g/mol. The molecule has 6 heteroatoms. The van der Waals surface area contributed by atoms with Crippen molar-refractivity contribution in [2.24, 2.45) is 17.3 Å². The molecule has 2 atom stereocenters. The number of carboxylic acids is 1. The van der Waals surface area contributed by atoms with Gasteiger partial charge in [-0.3, -0.25) is 9.59 Å². The van der Waals surface area contributed by atoms with E-state index in [1.54, 1.807) is 20.8 Å². The Labute approximate surface area is 122 Å². The molecule has 5 nitrogen and oxygen atoms in total. The van der Waals surface area contributed by atoms with Crippen LogP contribution in [0.15, 0.2) is 18.2 Å². The van der Waals surface area contributed by atoms with Gasteiger partial charge < -0.3 is 15.2 Å². The maximum Gasteiger partial charge on any atom is 0.307 e. The molecule has 1 amide bonds. The largest absolute Gasteiger partial charge is 0.491 e. The van der Waals surface area contributed by atoms with Crippen molar-refractivity contribution in [3.8, 4) is 5.75 Å². The molecule has 0 bridgehead atoms. The third kappa shape index (κ3) is 2.84. The van der Waals surface area contributed by atoms with Crippen molar-refractivity contribution in [1.29, 1.82) is 0 Å². The maximum atomic E-state index is 13.7. The standard InChI is InChI=1S/C15H18FNO4/c1-4-21-10-6-5-8(7-9(10)16)17-13(18)11-12(14(19)20)15(11,2)3/h5-7,11-12H,4H2,1-3H3,(H,17,18)(H,19,20). The zero-order valence-electron chi connectivity index (χ0n) is 12.1. The van der Waals surface area contributed by atoms with Crippen molar-refractivity contribution in [3.63, 3.8) is 0 Å². The van der Waals surface area contributed by atoms with Gasteiger partial charge in [0.2, 0.25) is 5.91 Å². The van der Waals surface area contributed by atoms with E-state index in [0.717, 1.165) is 6.07 Å². The molecule has 114 valence electrons. The van der Waals surface area contributed by atoms with E-state index in [1.807, 2.05) is 0 Å². The number of halogens is 1. The van der Waals surface area contributed by atoms with Crippen molar-refractivity contribution in [1.82, 2.24) is 0 Å². The Bertz CT molecular complexity index is 585. The Balaban J connectivity index is 2.07. The Morgan fingerprint density at radius 3 is 2.52 bits per heavy atom. The van der Waals surface area contributed by atoms with Crippen LogP contribution in [0.25, 0.3) is 0 Å². The van der Waals surface area contributed by atoms with Gasteiger partial charge in [-0.05, 0) is 24.5 Å². The highest BCUT2D eigenvalue weighted by molar-refractivity contribution is 5.99. The van der Waals surface area contributed by atoms with Crippen LogP contribution in [0.1, 0.15) is 20.8 Å². The van der Waals surface area contributed by atoms with E-state index in [9.17, 15) is 14.0 Å². The van der Waals surface area contributed by atoms with Crippen LogP contribution in [0, 0.1) is 23.1 Å². The first-order chi connectivity index (χ1) is 9.78. The fraction of sp³-hybridized carbons (Fsp3) is 0.467. The second-order valence-corrected chi connectivity index (χ2v) is 5.68. The Morgan fingerprint density at radius 1 is 1.38 bits per heavy atom. The van der Waals surface area contributed by atoms with Crippen molar-refractivity contribution in [2.45, 2.75) is 20.8 Å². The van der Waals surface area contributed by atoms with Crippen LogP contribution in [-0.2, 0) is 9.59 Å². The van der Waals surface area contributed by atoms with Gasteiger partial charge >= 0.3 is 5.97 Å². The molecule has 2 rings (SSSR count). The van der Waals surface area contributed by atoms with Gasteiger partial charge in [-0.25, -0.2) is 4.39 Å². The second-order valence-electron chi connectivity index (χ2n) is 5.68. The van der Waals surface area contributed by atoms with Crippen LogP contribution in [0.2, 0.25) is 0 Å². The number of anilines is 1. The summed E-state index contributed by atoms with van der Waals surface area (Å²) in [4.78, 5) is 23.2. The van der Waals surface area contributed by atoms with Gasteiger partial charge in [0.05, 0.1) is 18.4 Å². The molecule has 0 saturated heterocycles. The molecule has 2 unspecified atom stereocenters. The molecule has 21 heavy (non-hydrogen) atoms. The number of carbonyl (C=O) groups excluding carboxylic acids is 1. The molecule has 0 aromatic heterocycles. The Hall–Kier alpha value is -2.11. The molecule has 1 fully saturated rings. The lowest BCUT2D eigenvalue weighted by molar-refractivity contribution is -0.140. The molecule has 2 N–H and O–H groups in total. The smallest absolute Gasteiger partial charge is 0.307 e. The monoisotopic (exact) mass is 295 g/mol. The first-order valence-electron chi connectivity index (χ1n) is 6.75. The lowest BCUT2D eigenvalue weighted by atomic mass is 10.1. The third-order valence-electron chi connectivity index (χ3n) is 3.88. The van der Waals surface area contributed by atoms with Crippen LogP contribution in [-0.4, -0.2) is 23.6 Å². The highest BCUT2D eigenvalue weighted by Crippen LogP contribution is 2.58. The maximum absolute atomic E-state index is 13.7. The van der Waals surface area contributed by atoms with Gasteiger partial charge in [0.25, 0.3) is 0 Å². The lowest BCUT2D eigenvalue weighted by Gasteiger charge is -2.09. The average Bonchev–Trinajstić information content (AvgIpc) is 2.96. The first kappa shape index (κ1) is 15.3. The number of carbonyl (C=O) groups is 2. The van der Waals surface area contributed by atoms with Gasteiger partial charge in [-0.1, -0.05) is 13.8 Å². The average molecular weight is 295 g/mol. The highest BCUT2D eigenvalue weighted by Gasteiger charge is 2.65. The zero-order chi connectivity index (χ0) is 15.8. The van der Waals surface area contributed by atoms with Gasteiger partial charge in [0.1, 0.15) is 0 Å². The van der Waals surface area contributed by atoms with Crippen LogP contribution >= 0.6 is 0 Å². The van der Waals surface area contributed by atoms with Gasteiger partial charge in [-0.15, -0.1) is 0 Å². The van der Waals surface area contributed by atoms with E-state index in [1.165, 1.54) is 12.1 Å². The van der Waals surface area contributed by atoms with Crippen LogP contribution in [0.4, 0.5) is 10.1 Å². The minimum Gasteiger partial charge on any atom is -0.491 e. The zero-order valence-corrected chi connectivity index (χ0v) is 12.1. The molecule has 0 spiro atoms. The molecule has 1 aromatic rings. The fourth-order valence-electron chi connectivity index (χ4n) is 2.66. The van der Waals surface area contributed by atoms with E-state index in [0.29, 0.717) is 6.61 Å². The number of benzene rings is 1. The van der Waals surface area contributed by atoms with Crippen molar-refractivity contribution >= 4 is 17.6 Å². The minimum absolute atomic E-state index is 0.116. The number of nitrogens with one attached hydrogen (secondary N) is 1. The Morgan fingerprint density at radius 2 is 2.05 bits per heavy atom. The number of amides is 1. The summed E-state index contributed by atoms with van der Waals surface area (Å²) in [6.45, 7) is 5.55. The van der Waals surface area contributed by atoms with Gasteiger partial charge in [0.15, 0.2) is 11.6 Å². The van der Waals surface area contributed by atoms with E-state index in [2.05, 4.69) is 5.32 Å². The molecule has 1 aliphatic carbocycles. The molecule has 1 aliphatic rings. The number of hydrogen-bond donors (Lipinski definition) is 2. The van der Waals surface area contributed by atoms with Gasteiger partial charge in [-0.2, -0.15) is 0 Å². The second kappa shape index (κ2) is 5.35. The summed E-state index contributed by atoms with van der Waals surface area (Å²) in [5, 5.41) is 11.6. The number of carboxylic acid groups (broad SMARTS) is 1. The fourth-order valence-corrected chi connectivity index (χ4v) is 2.66. The predicted molar refractivity (Wildman–Crippen MR) is 74.6 cm³/mol. The summed E-state index contributed by atoms with van der Waals surface area (Å²) in [6.07, 6.45) is 0. The minimum atomic E-state index is -0.988. The summed E-state index contributed by atoms with van der Waals surface area (Å²) >= 11 is 0. The van der Waals surface area contributed by atoms with E-state index < -0.39 is 34.9 Å². The summed E-state index contributed by atoms with van der Waals surface area (Å²) in [5.74, 6) is -3.16. The van der Waals surface area contributed by atoms with Gasteiger partial charge in [0, 0.05) is 11.8 Å². The van der Waals surface area contributed by atoms with E-state index in [4.69, 9.17) is 9.84 Å². The molecule has 0 aliphatic heterocycles. The van der Waals surface area contributed by atoms with Crippen molar-refractivity contribution < 1.29 is 23.8 Å². The van der Waals surface area contributed by atoms with Crippen molar-refractivity contribution in [2.75, 3.05) is 11.9 Å². The lowest BCUT2D eigenvalue weighted by Crippen LogP contribution is -2.17. The highest BCUT2D eigenvalue weighted by atomic mass is 19.1. The molecular formula is C15H18FNO4.